The Balaban J connectivity index is 2.18. The first kappa shape index (κ1) is 11.1. The van der Waals surface area contributed by atoms with E-state index in [1.54, 1.807) is 23.0 Å². The van der Waals surface area contributed by atoms with Gasteiger partial charge in [0.25, 0.3) is 5.91 Å². The number of nitrogens with zero attached hydrogens (tertiary/aromatic N) is 3. The molecule has 0 aromatic carbocycles. The fourth-order valence-corrected chi connectivity index (χ4v) is 1.41. The van der Waals surface area contributed by atoms with Gasteiger partial charge in [-0.1, -0.05) is 0 Å². The van der Waals surface area contributed by atoms with Gasteiger partial charge in [0.15, 0.2) is 0 Å². The molecule has 0 aliphatic carbocycles. The average Bonchev–Trinajstić information content (AvgIpc) is 2.77. The molecule has 6 nitrogen and oxygen atoms in total. The highest BCUT2D eigenvalue weighted by molar-refractivity contribution is 5.91. The SMILES string of the molecule is CCn1cc(Nc2ccnc(C(N)=O)c2)cn1. The lowest BCUT2D eigenvalue weighted by molar-refractivity contribution is 0.0995. The first-order chi connectivity index (χ1) is 8.19. The van der Waals surface area contributed by atoms with Crippen molar-refractivity contribution >= 4 is 17.3 Å². The van der Waals surface area contributed by atoms with Gasteiger partial charge in [-0.25, -0.2) is 0 Å². The molecule has 88 valence electrons. The maximum atomic E-state index is 11.0. The zero-order valence-electron chi connectivity index (χ0n) is 9.42. The molecule has 1 amide bonds. The summed E-state index contributed by atoms with van der Waals surface area (Å²) in [6, 6.07) is 3.36. The predicted molar refractivity (Wildman–Crippen MR) is 63.9 cm³/mol. The van der Waals surface area contributed by atoms with Crippen LogP contribution in [0.5, 0.6) is 0 Å². The maximum Gasteiger partial charge on any atom is 0.267 e. The van der Waals surface area contributed by atoms with Gasteiger partial charge < -0.3 is 11.1 Å². The third kappa shape index (κ3) is 2.60. The van der Waals surface area contributed by atoms with Crippen LogP contribution in [0.25, 0.3) is 0 Å². The number of amides is 1. The first-order valence-electron chi connectivity index (χ1n) is 5.24. The summed E-state index contributed by atoms with van der Waals surface area (Å²) in [6.45, 7) is 2.82. The molecule has 2 aromatic rings. The van der Waals surface area contributed by atoms with E-state index in [1.165, 1.54) is 6.20 Å². The van der Waals surface area contributed by atoms with Crippen LogP contribution in [0.15, 0.2) is 30.7 Å². The Morgan fingerprint density at radius 1 is 1.53 bits per heavy atom. The number of aromatic nitrogens is 3. The van der Waals surface area contributed by atoms with Gasteiger partial charge in [-0.15, -0.1) is 0 Å². The van der Waals surface area contributed by atoms with Crippen LogP contribution in [0, 0.1) is 0 Å². The van der Waals surface area contributed by atoms with Gasteiger partial charge in [0.1, 0.15) is 5.69 Å². The summed E-state index contributed by atoms with van der Waals surface area (Å²) in [5, 5.41) is 7.26. The third-order valence-electron chi connectivity index (χ3n) is 2.26. The van der Waals surface area contributed by atoms with E-state index in [2.05, 4.69) is 15.4 Å². The maximum absolute atomic E-state index is 11.0. The van der Waals surface area contributed by atoms with E-state index in [-0.39, 0.29) is 5.69 Å². The summed E-state index contributed by atoms with van der Waals surface area (Å²) in [5.41, 5.74) is 7.00. The van der Waals surface area contributed by atoms with Gasteiger partial charge >= 0.3 is 0 Å². The smallest absolute Gasteiger partial charge is 0.267 e. The number of anilines is 2. The molecule has 0 radical (unpaired) electrons. The molecule has 0 aliphatic rings. The molecule has 0 atom stereocenters. The van der Waals surface area contributed by atoms with E-state index in [0.29, 0.717) is 0 Å². The Morgan fingerprint density at radius 3 is 3.00 bits per heavy atom. The summed E-state index contributed by atoms with van der Waals surface area (Å²) < 4.78 is 1.80. The van der Waals surface area contributed by atoms with Gasteiger partial charge in [-0.3, -0.25) is 14.5 Å². The van der Waals surface area contributed by atoms with Crippen LogP contribution in [0.4, 0.5) is 11.4 Å². The monoisotopic (exact) mass is 231 g/mol. The molecule has 17 heavy (non-hydrogen) atoms. The molecule has 0 bridgehead atoms. The van der Waals surface area contributed by atoms with Crippen LogP contribution >= 0.6 is 0 Å². The Morgan fingerprint density at radius 2 is 2.35 bits per heavy atom. The molecule has 0 aliphatic heterocycles. The quantitative estimate of drug-likeness (QED) is 0.826. The Kier molecular flexibility index (Phi) is 3.04. The van der Waals surface area contributed by atoms with Crippen molar-refractivity contribution in [1.82, 2.24) is 14.8 Å². The van der Waals surface area contributed by atoms with Crippen molar-refractivity contribution in [1.29, 1.82) is 0 Å². The summed E-state index contributed by atoms with van der Waals surface area (Å²) in [7, 11) is 0. The number of rotatable bonds is 4. The average molecular weight is 231 g/mol. The van der Waals surface area contributed by atoms with Crippen LogP contribution in [0.3, 0.4) is 0 Å². The topological polar surface area (TPSA) is 85.8 Å². The van der Waals surface area contributed by atoms with E-state index < -0.39 is 5.91 Å². The van der Waals surface area contributed by atoms with E-state index in [4.69, 9.17) is 5.73 Å². The van der Waals surface area contributed by atoms with Crippen molar-refractivity contribution in [2.75, 3.05) is 5.32 Å². The van der Waals surface area contributed by atoms with Gasteiger partial charge in [-0.05, 0) is 19.1 Å². The number of nitrogens with one attached hydrogen (secondary N) is 1. The van der Waals surface area contributed by atoms with Crippen molar-refractivity contribution in [2.24, 2.45) is 5.73 Å². The number of primary amides is 1. The number of nitrogens with two attached hydrogens (primary N) is 1. The lowest BCUT2D eigenvalue weighted by Gasteiger charge is -2.03. The summed E-state index contributed by atoms with van der Waals surface area (Å²) in [4.78, 5) is 14.8. The van der Waals surface area contributed by atoms with Crippen molar-refractivity contribution in [2.45, 2.75) is 13.5 Å². The highest BCUT2D eigenvalue weighted by Gasteiger charge is 2.03. The van der Waals surface area contributed by atoms with Crippen molar-refractivity contribution < 1.29 is 4.79 Å². The Bertz CT molecular complexity index is 534. The first-order valence-corrected chi connectivity index (χ1v) is 5.24. The molecule has 2 aromatic heterocycles. The molecule has 2 heterocycles. The molecule has 6 heteroatoms. The third-order valence-corrected chi connectivity index (χ3v) is 2.26. The van der Waals surface area contributed by atoms with Gasteiger partial charge in [0.2, 0.25) is 0 Å². The molecule has 0 fully saturated rings. The summed E-state index contributed by atoms with van der Waals surface area (Å²) in [5.74, 6) is -0.544. The summed E-state index contributed by atoms with van der Waals surface area (Å²) in [6.07, 6.45) is 5.13. The number of pyridine rings is 1. The fourth-order valence-electron chi connectivity index (χ4n) is 1.41. The minimum Gasteiger partial charge on any atom is -0.364 e. The molecule has 2 rings (SSSR count). The second-order valence-corrected chi connectivity index (χ2v) is 3.50. The van der Waals surface area contributed by atoms with Crippen molar-refractivity contribution in [3.63, 3.8) is 0 Å². The zero-order chi connectivity index (χ0) is 12.3. The molecule has 0 spiro atoms. The van der Waals surface area contributed by atoms with Crippen LogP contribution in [0.1, 0.15) is 17.4 Å². The number of carbonyl (C=O) groups excluding carboxylic acids is 1. The molecule has 0 saturated carbocycles. The van der Waals surface area contributed by atoms with E-state index in [9.17, 15) is 4.79 Å². The van der Waals surface area contributed by atoms with E-state index >= 15 is 0 Å². The number of hydrogen-bond acceptors (Lipinski definition) is 4. The molecule has 0 saturated heterocycles. The van der Waals surface area contributed by atoms with Crippen LogP contribution < -0.4 is 11.1 Å². The highest BCUT2D eigenvalue weighted by Crippen LogP contribution is 2.15. The Hall–Kier alpha value is -2.37. The van der Waals surface area contributed by atoms with Crippen LogP contribution in [-0.4, -0.2) is 20.7 Å². The van der Waals surface area contributed by atoms with Crippen LogP contribution in [0.2, 0.25) is 0 Å². The van der Waals surface area contributed by atoms with Crippen molar-refractivity contribution in [3.8, 4) is 0 Å². The minimum atomic E-state index is -0.544. The second kappa shape index (κ2) is 4.65. The number of carbonyl (C=O) groups is 1. The lowest BCUT2D eigenvalue weighted by Crippen LogP contribution is -2.12. The van der Waals surface area contributed by atoms with Crippen molar-refractivity contribution in [3.05, 3.63) is 36.4 Å². The summed E-state index contributed by atoms with van der Waals surface area (Å²) >= 11 is 0. The Labute approximate surface area is 98.5 Å². The van der Waals surface area contributed by atoms with Gasteiger partial charge in [0, 0.05) is 24.6 Å². The largest absolute Gasteiger partial charge is 0.364 e. The highest BCUT2D eigenvalue weighted by atomic mass is 16.1. The normalized spacial score (nSPS) is 10.2. The molecule has 0 unspecified atom stereocenters. The number of hydrogen-bond donors (Lipinski definition) is 2. The molecular formula is C11H13N5O. The van der Waals surface area contributed by atoms with Gasteiger partial charge in [0.05, 0.1) is 11.9 Å². The predicted octanol–water partition coefficient (Wildman–Crippen LogP) is 1.14. The van der Waals surface area contributed by atoms with E-state index in [0.717, 1.165) is 17.9 Å². The standard InChI is InChI=1S/C11H13N5O/c1-2-16-7-9(6-14-16)15-8-3-4-13-10(5-8)11(12)17/h3-7H,2H2,1H3,(H2,12,17)(H,13,15). The fraction of sp³-hybridized carbons (Fsp3) is 0.182. The second-order valence-electron chi connectivity index (χ2n) is 3.50. The van der Waals surface area contributed by atoms with E-state index in [1.807, 2.05) is 13.1 Å². The molecular weight excluding hydrogens is 218 g/mol. The zero-order valence-corrected chi connectivity index (χ0v) is 9.42. The lowest BCUT2D eigenvalue weighted by atomic mass is 10.3. The minimum absolute atomic E-state index is 0.234. The van der Waals surface area contributed by atoms with Gasteiger partial charge in [-0.2, -0.15) is 5.10 Å². The number of aryl methyl sites for hydroxylation is 1. The van der Waals surface area contributed by atoms with Crippen LogP contribution in [-0.2, 0) is 6.54 Å². The molecule has 3 N–H and O–H groups in total.